The van der Waals surface area contributed by atoms with Gasteiger partial charge in [-0.2, -0.15) is 0 Å². The predicted molar refractivity (Wildman–Crippen MR) is 103 cm³/mol. The fourth-order valence-corrected chi connectivity index (χ4v) is 3.41. The van der Waals surface area contributed by atoms with Crippen molar-refractivity contribution in [3.8, 4) is 0 Å². The molecule has 0 unspecified atom stereocenters. The van der Waals surface area contributed by atoms with Crippen molar-refractivity contribution in [1.82, 2.24) is 28.7 Å². The molecule has 0 radical (unpaired) electrons. The van der Waals surface area contributed by atoms with E-state index in [-0.39, 0.29) is 11.2 Å². The average molecular weight is 364 g/mol. The molecule has 0 saturated carbocycles. The molecular formula is C19H20N6O2. The molecule has 0 aromatic carbocycles. The summed E-state index contributed by atoms with van der Waals surface area (Å²) in [6.07, 6.45) is 4.66. The summed E-state index contributed by atoms with van der Waals surface area (Å²) in [4.78, 5) is 38.2. The van der Waals surface area contributed by atoms with E-state index in [0.29, 0.717) is 24.1 Å². The van der Waals surface area contributed by atoms with Gasteiger partial charge >= 0.3 is 5.69 Å². The van der Waals surface area contributed by atoms with E-state index >= 15 is 0 Å². The summed E-state index contributed by atoms with van der Waals surface area (Å²) in [7, 11) is 3.39. The molecule has 27 heavy (non-hydrogen) atoms. The summed E-state index contributed by atoms with van der Waals surface area (Å²) in [5.41, 5.74) is 2.95. The topological polar surface area (TPSA) is 87.6 Å². The second-order valence-corrected chi connectivity index (χ2v) is 6.71. The molecule has 0 aliphatic rings. The van der Waals surface area contributed by atoms with E-state index in [9.17, 15) is 9.59 Å². The van der Waals surface area contributed by atoms with Crippen LogP contribution in [0.1, 0.15) is 17.7 Å². The highest BCUT2D eigenvalue weighted by atomic mass is 16.2. The van der Waals surface area contributed by atoms with Crippen molar-refractivity contribution in [2.24, 2.45) is 14.1 Å². The SMILES string of the molecule is Cc1nc2ncccc2cc1CCCn1c(=O)c2c(ncn2C)n(C)c1=O. The van der Waals surface area contributed by atoms with Crippen LogP contribution in [0.25, 0.3) is 22.2 Å². The largest absolute Gasteiger partial charge is 0.332 e. The van der Waals surface area contributed by atoms with Gasteiger partial charge in [-0.15, -0.1) is 0 Å². The number of nitrogens with zero attached hydrogens (tertiary/aromatic N) is 6. The molecule has 4 aromatic heterocycles. The van der Waals surface area contributed by atoms with Crippen LogP contribution >= 0.6 is 0 Å². The van der Waals surface area contributed by atoms with E-state index in [0.717, 1.165) is 28.7 Å². The highest BCUT2D eigenvalue weighted by Crippen LogP contribution is 2.16. The summed E-state index contributed by atoms with van der Waals surface area (Å²) in [5, 5.41) is 0.988. The number of hydrogen-bond donors (Lipinski definition) is 0. The molecule has 138 valence electrons. The molecule has 4 heterocycles. The van der Waals surface area contributed by atoms with Gasteiger partial charge in [0.2, 0.25) is 0 Å². The molecule has 0 saturated heterocycles. The third-order valence-electron chi connectivity index (χ3n) is 4.91. The monoisotopic (exact) mass is 364 g/mol. The lowest BCUT2D eigenvalue weighted by Gasteiger charge is -2.10. The maximum atomic E-state index is 12.7. The van der Waals surface area contributed by atoms with Crippen molar-refractivity contribution < 1.29 is 0 Å². The maximum absolute atomic E-state index is 12.7. The van der Waals surface area contributed by atoms with Gasteiger partial charge in [-0.3, -0.25) is 13.9 Å². The van der Waals surface area contributed by atoms with Crippen LogP contribution in [0.2, 0.25) is 0 Å². The van der Waals surface area contributed by atoms with E-state index < -0.39 is 0 Å². The third-order valence-corrected chi connectivity index (χ3v) is 4.91. The van der Waals surface area contributed by atoms with Crippen LogP contribution in [-0.4, -0.2) is 28.7 Å². The minimum absolute atomic E-state index is 0.300. The molecule has 4 rings (SSSR count). The minimum Gasteiger partial charge on any atom is -0.328 e. The maximum Gasteiger partial charge on any atom is 0.332 e. The Labute approximate surface area is 154 Å². The van der Waals surface area contributed by atoms with Crippen LogP contribution in [-0.2, 0) is 27.1 Å². The number of imidazole rings is 1. The first kappa shape index (κ1) is 17.1. The van der Waals surface area contributed by atoms with Crippen molar-refractivity contribution in [2.45, 2.75) is 26.3 Å². The molecule has 0 N–H and O–H groups in total. The molecule has 8 heteroatoms. The van der Waals surface area contributed by atoms with Gasteiger partial charge in [-0.1, -0.05) is 0 Å². The van der Waals surface area contributed by atoms with Crippen LogP contribution < -0.4 is 11.2 Å². The molecule has 0 atom stereocenters. The number of fused-ring (bicyclic) bond motifs is 2. The van der Waals surface area contributed by atoms with Crippen LogP contribution in [0, 0.1) is 6.92 Å². The van der Waals surface area contributed by atoms with Crippen LogP contribution in [0.5, 0.6) is 0 Å². The Hall–Kier alpha value is -3.29. The summed E-state index contributed by atoms with van der Waals surface area (Å²) < 4.78 is 4.36. The lowest BCUT2D eigenvalue weighted by molar-refractivity contribution is 0.570. The van der Waals surface area contributed by atoms with Gasteiger partial charge in [0.15, 0.2) is 16.8 Å². The van der Waals surface area contributed by atoms with Crippen molar-refractivity contribution >= 4 is 22.2 Å². The van der Waals surface area contributed by atoms with Gasteiger partial charge in [-0.05, 0) is 43.5 Å². The Kier molecular flexibility index (Phi) is 4.10. The highest BCUT2D eigenvalue weighted by molar-refractivity contribution is 5.75. The number of aromatic nitrogens is 6. The van der Waals surface area contributed by atoms with E-state index in [4.69, 9.17) is 0 Å². The molecule has 4 aromatic rings. The fourth-order valence-electron chi connectivity index (χ4n) is 3.41. The molecule has 0 amide bonds. The second kappa shape index (κ2) is 6.46. The summed E-state index contributed by atoms with van der Waals surface area (Å²) in [6, 6.07) is 5.94. The van der Waals surface area contributed by atoms with Crippen molar-refractivity contribution in [1.29, 1.82) is 0 Å². The Morgan fingerprint density at radius 1 is 1.15 bits per heavy atom. The molecule has 0 aliphatic heterocycles. The number of aryl methyl sites for hydroxylation is 4. The van der Waals surface area contributed by atoms with Crippen LogP contribution in [0.15, 0.2) is 40.3 Å². The zero-order valence-electron chi connectivity index (χ0n) is 15.5. The van der Waals surface area contributed by atoms with Crippen LogP contribution in [0.3, 0.4) is 0 Å². The highest BCUT2D eigenvalue weighted by Gasteiger charge is 2.14. The zero-order chi connectivity index (χ0) is 19.1. The Morgan fingerprint density at radius 3 is 2.78 bits per heavy atom. The van der Waals surface area contributed by atoms with Crippen molar-refractivity contribution in [3.63, 3.8) is 0 Å². The van der Waals surface area contributed by atoms with Gasteiger partial charge in [0.1, 0.15) is 0 Å². The number of hydrogen-bond acceptors (Lipinski definition) is 5. The molecule has 0 spiro atoms. The number of pyridine rings is 2. The quantitative estimate of drug-likeness (QED) is 0.545. The first-order chi connectivity index (χ1) is 13.0. The second-order valence-electron chi connectivity index (χ2n) is 6.71. The van der Waals surface area contributed by atoms with Gasteiger partial charge in [0.05, 0.1) is 6.33 Å². The summed E-state index contributed by atoms with van der Waals surface area (Å²) in [6.45, 7) is 2.30. The smallest absolute Gasteiger partial charge is 0.328 e. The lowest BCUT2D eigenvalue weighted by Crippen LogP contribution is -2.39. The van der Waals surface area contributed by atoms with Gasteiger partial charge < -0.3 is 4.57 Å². The number of rotatable bonds is 4. The van der Waals surface area contributed by atoms with E-state index in [1.165, 1.54) is 9.13 Å². The van der Waals surface area contributed by atoms with Crippen molar-refractivity contribution in [3.05, 3.63) is 62.8 Å². The molecule has 0 aliphatic carbocycles. The normalized spacial score (nSPS) is 11.5. The van der Waals surface area contributed by atoms with Crippen LogP contribution in [0.4, 0.5) is 0 Å². The summed E-state index contributed by atoms with van der Waals surface area (Å²) >= 11 is 0. The van der Waals surface area contributed by atoms with E-state index in [1.807, 2.05) is 19.1 Å². The molecule has 0 bridgehead atoms. The fraction of sp³-hybridized carbons (Fsp3) is 0.316. The molecule has 8 nitrogen and oxygen atoms in total. The Morgan fingerprint density at radius 2 is 1.96 bits per heavy atom. The van der Waals surface area contributed by atoms with Gasteiger partial charge in [0, 0.05) is 37.9 Å². The van der Waals surface area contributed by atoms with E-state index in [1.54, 1.807) is 31.2 Å². The third kappa shape index (κ3) is 2.83. The van der Waals surface area contributed by atoms with Crippen molar-refractivity contribution in [2.75, 3.05) is 0 Å². The lowest BCUT2D eigenvalue weighted by atomic mass is 10.1. The first-order valence-corrected chi connectivity index (χ1v) is 8.79. The zero-order valence-corrected chi connectivity index (χ0v) is 15.5. The minimum atomic E-state index is -0.344. The standard InChI is InChI=1S/C19H20N6O2/c1-12-13(10-14-6-4-8-20-16(14)22-12)7-5-9-25-18(26)15-17(21-11-23(15)2)24(3)19(25)27/h4,6,8,10-11H,5,7,9H2,1-3H3. The molecule has 0 fully saturated rings. The van der Waals surface area contributed by atoms with E-state index in [2.05, 4.69) is 21.0 Å². The Balaban J connectivity index is 1.63. The summed E-state index contributed by atoms with van der Waals surface area (Å²) in [5.74, 6) is 0. The Bertz CT molecular complexity index is 1280. The van der Waals surface area contributed by atoms with Gasteiger partial charge in [0.25, 0.3) is 5.56 Å². The molecular weight excluding hydrogens is 344 g/mol. The van der Waals surface area contributed by atoms with Gasteiger partial charge in [-0.25, -0.2) is 19.7 Å². The first-order valence-electron chi connectivity index (χ1n) is 8.79. The predicted octanol–water partition coefficient (Wildman–Crippen LogP) is 1.32. The average Bonchev–Trinajstić information content (AvgIpc) is 3.05.